The highest BCUT2D eigenvalue weighted by Crippen LogP contribution is 2.35. The minimum absolute atomic E-state index is 0. The summed E-state index contributed by atoms with van der Waals surface area (Å²) < 4.78 is 6.90. The second kappa shape index (κ2) is 17.1. The van der Waals surface area contributed by atoms with Crippen molar-refractivity contribution in [2.45, 2.75) is 55.4 Å². The standard InChI is InChI=1S/C23H23N2.C19H21Br2N2.2ClH/c1-7-20-13-16(3)11-18(5)22(20)24-9-10-25(15-24)23-19(6)12-17(4)14-21(23)8-2;1-12-7-14(3)18(16(20)9-12)22-5-6-23(11-22)19-15(4)8-13(2)10-17(19)21;;/h1-2,11-15H,9-10H2,3-6H3;7-11H,5-6H2,1-4H3;2*1H/q2*+1;;/p-2. The fourth-order valence-corrected chi connectivity index (χ4v) is 8.93. The van der Waals surface area contributed by atoms with E-state index in [-0.39, 0.29) is 24.8 Å². The van der Waals surface area contributed by atoms with E-state index in [1.54, 1.807) is 0 Å². The normalized spacial score (nSPS) is 13.3. The van der Waals surface area contributed by atoms with E-state index in [1.165, 1.54) is 55.9 Å². The third kappa shape index (κ3) is 8.67. The molecule has 0 fully saturated rings. The molecule has 50 heavy (non-hydrogen) atoms. The van der Waals surface area contributed by atoms with Crippen molar-refractivity contribution in [1.29, 1.82) is 0 Å². The zero-order chi connectivity index (χ0) is 34.9. The van der Waals surface area contributed by atoms with Gasteiger partial charge in [-0.05, 0) is 156 Å². The van der Waals surface area contributed by atoms with Crippen LogP contribution in [0.5, 0.6) is 0 Å². The average molecular weight is 836 g/mol. The molecule has 0 radical (unpaired) electrons. The predicted octanol–water partition coefficient (Wildman–Crippen LogP) is 3.72. The molecule has 0 saturated carbocycles. The van der Waals surface area contributed by atoms with Crippen LogP contribution in [0, 0.1) is 80.1 Å². The summed E-state index contributed by atoms with van der Waals surface area (Å²) in [6.07, 6.45) is 15.9. The zero-order valence-corrected chi connectivity index (χ0v) is 34.7. The molecular weight excluding hydrogens is 791 g/mol. The molecule has 0 N–H and O–H groups in total. The lowest BCUT2D eigenvalue weighted by atomic mass is 10.0. The lowest BCUT2D eigenvalue weighted by Gasteiger charge is -2.13. The molecule has 0 unspecified atom stereocenters. The van der Waals surface area contributed by atoms with Crippen molar-refractivity contribution in [1.82, 2.24) is 0 Å². The third-order valence-electron chi connectivity index (χ3n) is 8.87. The van der Waals surface area contributed by atoms with Crippen LogP contribution >= 0.6 is 31.9 Å². The monoisotopic (exact) mass is 832 g/mol. The number of nitrogens with zero attached hydrogens (tertiary/aromatic N) is 4. The molecule has 8 heteroatoms. The summed E-state index contributed by atoms with van der Waals surface area (Å²) in [5.74, 6) is 5.68. The summed E-state index contributed by atoms with van der Waals surface area (Å²) in [5, 5.41) is 0. The summed E-state index contributed by atoms with van der Waals surface area (Å²) in [4.78, 5) is 4.58. The Morgan fingerprint density at radius 1 is 0.520 bits per heavy atom. The molecule has 0 aliphatic carbocycles. The Kier molecular flexibility index (Phi) is 14.0. The van der Waals surface area contributed by atoms with Gasteiger partial charge in [0.1, 0.15) is 48.9 Å². The van der Waals surface area contributed by atoms with Crippen LogP contribution in [0.2, 0.25) is 0 Å². The van der Waals surface area contributed by atoms with Crippen molar-refractivity contribution < 1.29 is 34.0 Å². The predicted molar refractivity (Wildman–Crippen MR) is 211 cm³/mol. The van der Waals surface area contributed by atoms with Crippen LogP contribution in [0.1, 0.15) is 55.6 Å². The van der Waals surface area contributed by atoms with Gasteiger partial charge >= 0.3 is 0 Å². The number of anilines is 2. The second-order valence-corrected chi connectivity index (χ2v) is 14.8. The lowest BCUT2D eigenvalue weighted by Crippen LogP contribution is -3.00. The van der Waals surface area contributed by atoms with Gasteiger partial charge in [0.05, 0.1) is 20.1 Å². The Bertz CT molecular complexity index is 2040. The Morgan fingerprint density at radius 2 is 0.920 bits per heavy atom. The highest BCUT2D eigenvalue weighted by molar-refractivity contribution is 9.11. The number of rotatable bonds is 4. The van der Waals surface area contributed by atoms with Crippen LogP contribution in [-0.4, -0.2) is 48.0 Å². The summed E-state index contributed by atoms with van der Waals surface area (Å²) >= 11 is 7.47. The summed E-state index contributed by atoms with van der Waals surface area (Å²) in [5.41, 5.74) is 16.6. The van der Waals surface area contributed by atoms with Gasteiger partial charge < -0.3 is 24.8 Å². The van der Waals surface area contributed by atoms with E-state index in [1.807, 2.05) is 0 Å². The molecule has 0 aromatic heterocycles. The zero-order valence-electron chi connectivity index (χ0n) is 30.1. The number of aryl methyl sites for hydroxylation is 8. The van der Waals surface area contributed by atoms with Crippen LogP contribution in [0.3, 0.4) is 0 Å². The summed E-state index contributed by atoms with van der Waals surface area (Å²) in [6.45, 7) is 20.7. The molecule has 2 aliphatic rings. The van der Waals surface area contributed by atoms with E-state index in [9.17, 15) is 0 Å². The van der Waals surface area contributed by atoms with E-state index in [0.29, 0.717) is 0 Å². The number of halogens is 4. The number of terminal acetylenes is 2. The minimum Gasteiger partial charge on any atom is -1.00 e. The van der Waals surface area contributed by atoms with Crippen molar-refractivity contribution in [3.05, 3.63) is 113 Å². The van der Waals surface area contributed by atoms with Crippen LogP contribution < -0.4 is 34.6 Å². The Labute approximate surface area is 328 Å². The van der Waals surface area contributed by atoms with E-state index in [2.05, 4.69) is 179 Å². The van der Waals surface area contributed by atoms with Gasteiger partial charge in [-0.3, -0.25) is 0 Å². The second-order valence-electron chi connectivity index (χ2n) is 13.1. The molecule has 0 bridgehead atoms. The van der Waals surface area contributed by atoms with E-state index in [0.717, 1.165) is 57.6 Å². The summed E-state index contributed by atoms with van der Waals surface area (Å²) in [7, 11) is 0. The molecular formula is C42H44Br2Cl2N4. The quantitative estimate of drug-likeness (QED) is 0.230. The van der Waals surface area contributed by atoms with Crippen molar-refractivity contribution in [2.75, 3.05) is 36.0 Å². The van der Waals surface area contributed by atoms with Gasteiger partial charge in [0, 0.05) is 0 Å². The van der Waals surface area contributed by atoms with Gasteiger partial charge in [-0.1, -0.05) is 36.1 Å². The van der Waals surface area contributed by atoms with Gasteiger partial charge in [-0.25, -0.2) is 19.0 Å². The van der Waals surface area contributed by atoms with Gasteiger partial charge in [0.2, 0.25) is 12.7 Å². The van der Waals surface area contributed by atoms with Crippen LogP contribution in [0.25, 0.3) is 0 Å². The topological polar surface area (TPSA) is 12.5 Å². The van der Waals surface area contributed by atoms with Gasteiger partial charge in [-0.15, -0.1) is 12.8 Å². The van der Waals surface area contributed by atoms with E-state index >= 15 is 0 Å². The smallest absolute Gasteiger partial charge is 0.244 e. The van der Waals surface area contributed by atoms with Crippen molar-refractivity contribution in [3.8, 4) is 24.7 Å². The number of hydrogen-bond acceptors (Lipinski definition) is 2. The first kappa shape index (κ1) is 40.9. The third-order valence-corrected chi connectivity index (χ3v) is 10.1. The molecule has 2 aliphatic heterocycles. The van der Waals surface area contributed by atoms with Crippen molar-refractivity contribution in [2.24, 2.45) is 0 Å². The SMILES string of the molecule is C#Cc1cc(C)cc(C)c1N1C=[N+](c2c(C)cc(C)cc2C#C)CC1.Cc1cc(C)c(N2C=[N+](c3c(C)cc(C)cc3Br)CC2)c(Br)c1.[Cl-].[Cl-]. The maximum Gasteiger partial charge on any atom is 0.244 e. The number of hydrogen-bond donors (Lipinski definition) is 0. The van der Waals surface area contributed by atoms with Crippen LogP contribution in [0.15, 0.2) is 57.5 Å². The van der Waals surface area contributed by atoms with Gasteiger partial charge in [0.25, 0.3) is 0 Å². The van der Waals surface area contributed by atoms with E-state index < -0.39 is 0 Å². The van der Waals surface area contributed by atoms with E-state index in [4.69, 9.17) is 12.8 Å². The highest BCUT2D eigenvalue weighted by Gasteiger charge is 2.29. The lowest BCUT2D eigenvalue weighted by molar-refractivity contribution is -0.425. The molecule has 0 atom stereocenters. The Hall–Kier alpha value is -3.52. The minimum atomic E-state index is 0. The average Bonchev–Trinajstić information content (AvgIpc) is 3.66. The molecule has 4 nitrogen and oxygen atoms in total. The largest absolute Gasteiger partial charge is 1.00 e. The molecule has 0 saturated heterocycles. The molecule has 2 heterocycles. The summed E-state index contributed by atoms with van der Waals surface area (Å²) in [6, 6.07) is 17.4. The van der Waals surface area contributed by atoms with Gasteiger partial charge in [0.15, 0.2) is 0 Å². The van der Waals surface area contributed by atoms with Crippen molar-refractivity contribution in [3.63, 3.8) is 0 Å². The Balaban J connectivity index is 0.000000261. The first-order chi connectivity index (χ1) is 22.8. The van der Waals surface area contributed by atoms with Crippen LogP contribution in [0.4, 0.5) is 22.7 Å². The van der Waals surface area contributed by atoms with Gasteiger partial charge in [-0.2, -0.15) is 0 Å². The molecule has 0 amide bonds. The molecule has 260 valence electrons. The van der Waals surface area contributed by atoms with Crippen molar-refractivity contribution >= 4 is 67.3 Å². The highest BCUT2D eigenvalue weighted by atomic mass is 79.9. The number of benzene rings is 4. The maximum absolute atomic E-state index is 5.76. The fourth-order valence-electron chi connectivity index (χ4n) is 7.12. The first-order valence-corrected chi connectivity index (χ1v) is 17.9. The fraction of sp³-hybridized carbons (Fsp3) is 0.286. The molecule has 6 rings (SSSR count). The Morgan fingerprint density at radius 3 is 1.42 bits per heavy atom. The first-order valence-electron chi connectivity index (χ1n) is 16.3. The van der Waals surface area contributed by atoms with Crippen LogP contribution in [-0.2, 0) is 0 Å². The molecule has 4 aromatic carbocycles. The maximum atomic E-state index is 5.76. The molecule has 0 spiro atoms. The molecule has 4 aromatic rings.